The minimum atomic E-state index is -1.04. The van der Waals surface area contributed by atoms with Crippen molar-refractivity contribution in [3.8, 4) is 0 Å². The van der Waals surface area contributed by atoms with Crippen molar-refractivity contribution in [2.45, 2.75) is 6.92 Å². The van der Waals surface area contributed by atoms with Gasteiger partial charge in [0.25, 0.3) is 5.91 Å². The minimum absolute atomic E-state index is 0.141. The fourth-order valence-corrected chi connectivity index (χ4v) is 4.06. The van der Waals surface area contributed by atoms with Crippen molar-refractivity contribution in [2.75, 3.05) is 5.32 Å². The van der Waals surface area contributed by atoms with Crippen LogP contribution in [0.25, 0.3) is 10.1 Å². The Balaban J connectivity index is 1.98. The van der Waals surface area contributed by atoms with E-state index >= 15 is 0 Å². The zero-order chi connectivity index (χ0) is 17.4. The van der Waals surface area contributed by atoms with Crippen molar-refractivity contribution in [1.29, 1.82) is 0 Å². The van der Waals surface area contributed by atoms with E-state index in [9.17, 15) is 9.59 Å². The number of nitrogens with one attached hydrogen (secondary N) is 1. The molecule has 3 aromatic rings. The molecule has 7 heteroatoms. The third-order valence-electron chi connectivity index (χ3n) is 3.61. The summed E-state index contributed by atoms with van der Waals surface area (Å²) in [6.07, 6.45) is 0. The predicted octanol–water partition coefficient (Wildman–Crippen LogP) is 5.47. The van der Waals surface area contributed by atoms with Gasteiger partial charge in [-0.2, -0.15) is 0 Å². The highest BCUT2D eigenvalue weighted by molar-refractivity contribution is 7.21. The molecule has 0 saturated heterocycles. The summed E-state index contributed by atoms with van der Waals surface area (Å²) in [7, 11) is 0. The van der Waals surface area contributed by atoms with E-state index in [1.165, 1.54) is 17.4 Å². The average Bonchev–Trinajstić information content (AvgIpc) is 2.85. The first-order chi connectivity index (χ1) is 11.4. The summed E-state index contributed by atoms with van der Waals surface area (Å²) in [5, 5.41) is 13.6. The molecular weight excluding hydrogens is 369 g/mol. The highest BCUT2D eigenvalue weighted by Gasteiger charge is 2.19. The second-order valence-corrected chi connectivity index (χ2v) is 6.99. The molecule has 1 amide bonds. The second kappa shape index (κ2) is 6.43. The van der Waals surface area contributed by atoms with Gasteiger partial charge < -0.3 is 10.4 Å². The fourth-order valence-electron chi connectivity index (χ4n) is 2.37. The van der Waals surface area contributed by atoms with Crippen LogP contribution in [0.5, 0.6) is 0 Å². The smallest absolute Gasteiger partial charge is 0.336 e. The van der Waals surface area contributed by atoms with Gasteiger partial charge in [0.1, 0.15) is 4.88 Å². The first kappa shape index (κ1) is 16.8. The SMILES string of the molecule is Cc1c(NC(=O)c2sc3cc(Cl)ccc3c2Cl)cccc1C(=O)O. The van der Waals surface area contributed by atoms with Gasteiger partial charge in [-0.15, -0.1) is 11.3 Å². The second-order valence-electron chi connectivity index (χ2n) is 5.12. The van der Waals surface area contributed by atoms with Gasteiger partial charge in [-0.1, -0.05) is 35.3 Å². The number of hydrogen-bond acceptors (Lipinski definition) is 3. The Morgan fingerprint density at radius 2 is 1.92 bits per heavy atom. The lowest BCUT2D eigenvalue weighted by atomic mass is 10.1. The van der Waals surface area contributed by atoms with Gasteiger partial charge in [0.15, 0.2) is 0 Å². The van der Waals surface area contributed by atoms with Crippen LogP contribution < -0.4 is 5.32 Å². The summed E-state index contributed by atoms with van der Waals surface area (Å²) in [5.41, 5.74) is 1.06. The monoisotopic (exact) mass is 379 g/mol. The quantitative estimate of drug-likeness (QED) is 0.634. The average molecular weight is 380 g/mol. The number of anilines is 1. The first-order valence-corrected chi connectivity index (χ1v) is 8.47. The standard InChI is InChI=1S/C17H11Cl2NO3S/c1-8-10(17(22)23)3-2-4-12(8)20-16(21)15-14(19)11-6-5-9(18)7-13(11)24-15/h2-7H,1H3,(H,20,21)(H,22,23). The van der Waals surface area contributed by atoms with E-state index in [0.717, 1.165) is 10.1 Å². The Hall–Kier alpha value is -2.08. The van der Waals surface area contributed by atoms with Crippen molar-refractivity contribution in [2.24, 2.45) is 0 Å². The van der Waals surface area contributed by atoms with E-state index in [1.807, 2.05) is 0 Å². The first-order valence-electron chi connectivity index (χ1n) is 6.90. The molecule has 0 radical (unpaired) electrons. The molecule has 0 spiro atoms. The Morgan fingerprint density at radius 3 is 2.62 bits per heavy atom. The summed E-state index contributed by atoms with van der Waals surface area (Å²) in [6.45, 7) is 1.64. The molecule has 0 atom stereocenters. The van der Waals surface area contributed by atoms with Crippen LogP contribution in [0.15, 0.2) is 36.4 Å². The number of amides is 1. The minimum Gasteiger partial charge on any atom is -0.478 e. The summed E-state index contributed by atoms with van der Waals surface area (Å²) in [6, 6.07) is 9.95. The highest BCUT2D eigenvalue weighted by atomic mass is 35.5. The number of halogens is 2. The molecule has 0 unspecified atom stereocenters. The van der Waals surface area contributed by atoms with Crippen LogP contribution in [0.3, 0.4) is 0 Å². The molecule has 2 N–H and O–H groups in total. The van der Waals surface area contributed by atoms with E-state index in [0.29, 0.717) is 26.2 Å². The third kappa shape index (κ3) is 2.98. The van der Waals surface area contributed by atoms with E-state index in [1.54, 1.807) is 37.3 Å². The predicted molar refractivity (Wildman–Crippen MR) is 97.9 cm³/mol. The normalized spacial score (nSPS) is 10.8. The molecular formula is C17H11Cl2NO3S. The highest BCUT2D eigenvalue weighted by Crippen LogP contribution is 2.37. The number of carbonyl (C=O) groups excluding carboxylic acids is 1. The summed E-state index contributed by atoms with van der Waals surface area (Å²) < 4.78 is 0.814. The molecule has 0 aliphatic heterocycles. The number of rotatable bonds is 3. The number of carboxylic acids is 1. The molecule has 4 nitrogen and oxygen atoms in total. The molecule has 1 heterocycles. The Kier molecular flexibility index (Phi) is 4.49. The van der Waals surface area contributed by atoms with Gasteiger partial charge in [-0.3, -0.25) is 4.79 Å². The number of thiophene rings is 1. The van der Waals surface area contributed by atoms with Gasteiger partial charge in [0.2, 0.25) is 0 Å². The Morgan fingerprint density at radius 1 is 1.17 bits per heavy atom. The number of aromatic carboxylic acids is 1. The van der Waals surface area contributed by atoms with Crippen molar-refractivity contribution < 1.29 is 14.7 Å². The van der Waals surface area contributed by atoms with Crippen molar-refractivity contribution in [3.05, 3.63) is 62.4 Å². The maximum absolute atomic E-state index is 12.6. The van der Waals surface area contributed by atoms with Crippen LogP contribution in [0.1, 0.15) is 25.6 Å². The van der Waals surface area contributed by atoms with Crippen LogP contribution in [-0.4, -0.2) is 17.0 Å². The Labute approximate surface area is 151 Å². The van der Waals surface area contributed by atoms with Gasteiger partial charge >= 0.3 is 5.97 Å². The summed E-state index contributed by atoms with van der Waals surface area (Å²) >= 11 is 13.5. The lowest BCUT2D eigenvalue weighted by Crippen LogP contribution is -2.13. The number of carbonyl (C=O) groups is 2. The summed E-state index contributed by atoms with van der Waals surface area (Å²) in [5.74, 6) is -1.43. The van der Waals surface area contributed by atoms with Crippen molar-refractivity contribution in [1.82, 2.24) is 0 Å². The van der Waals surface area contributed by atoms with Gasteiger partial charge in [0, 0.05) is 20.8 Å². The molecule has 0 aliphatic carbocycles. The van der Waals surface area contributed by atoms with Crippen LogP contribution in [-0.2, 0) is 0 Å². The van der Waals surface area contributed by atoms with Gasteiger partial charge in [-0.05, 0) is 36.8 Å². The Bertz CT molecular complexity index is 981. The number of benzene rings is 2. The molecule has 122 valence electrons. The lowest BCUT2D eigenvalue weighted by molar-refractivity contribution is 0.0695. The zero-order valence-corrected chi connectivity index (χ0v) is 14.7. The number of hydrogen-bond donors (Lipinski definition) is 2. The van der Waals surface area contributed by atoms with Gasteiger partial charge in [0.05, 0.1) is 10.6 Å². The van der Waals surface area contributed by atoms with Crippen LogP contribution >= 0.6 is 34.5 Å². The molecule has 3 rings (SSSR count). The fraction of sp³-hybridized carbons (Fsp3) is 0.0588. The molecule has 0 fully saturated rings. The topological polar surface area (TPSA) is 66.4 Å². The molecule has 0 saturated carbocycles. The molecule has 0 aliphatic rings. The number of carboxylic acid groups (broad SMARTS) is 1. The maximum atomic E-state index is 12.6. The summed E-state index contributed by atoms with van der Waals surface area (Å²) in [4.78, 5) is 24.1. The number of fused-ring (bicyclic) bond motifs is 1. The van der Waals surface area contributed by atoms with Crippen LogP contribution in [0, 0.1) is 6.92 Å². The van der Waals surface area contributed by atoms with E-state index in [4.69, 9.17) is 28.3 Å². The van der Waals surface area contributed by atoms with Crippen LogP contribution in [0.4, 0.5) is 5.69 Å². The van der Waals surface area contributed by atoms with E-state index < -0.39 is 5.97 Å². The molecule has 1 aromatic heterocycles. The van der Waals surface area contributed by atoms with Crippen molar-refractivity contribution in [3.63, 3.8) is 0 Å². The van der Waals surface area contributed by atoms with E-state index in [2.05, 4.69) is 5.32 Å². The largest absolute Gasteiger partial charge is 0.478 e. The van der Waals surface area contributed by atoms with Crippen LogP contribution in [0.2, 0.25) is 10.0 Å². The maximum Gasteiger partial charge on any atom is 0.336 e. The lowest BCUT2D eigenvalue weighted by Gasteiger charge is -2.09. The zero-order valence-electron chi connectivity index (χ0n) is 12.4. The third-order valence-corrected chi connectivity index (χ3v) is 5.50. The van der Waals surface area contributed by atoms with Crippen molar-refractivity contribution >= 4 is 62.2 Å². The molecule has 2 aromatic carbocycles. The van der Waals surface area contributed by atoms with E-state index in [-0.39, 0.29) is 11.5 Å². The molecule has 24 heavy (non-hydrogen) atoms. The molecule has 0 bridgehead atoms. The van der Waals surface area contributed by atoms with Gasteiger partial charge in [-0.25, -0.2) is 4.79 Å².